The van der Waals surface area contributed by atoms with Crippen molar-refractivity contribution in [1.29, 1.82) is 5.26 Å². The summed E-state index contributed by atoms with van der Waals surface area (Å²) in [5, 5.41) is 15.0. The molecule has 0 bridgehead atoms. The van der Waals surface area contributed by atoms with Crippen LogP contribution < -0.4 is 10.6 Å². The van der Waals surface area contributed by atoms with Crippen LogP contribution in [0.4, 0.5) is 4.79 Å². The molecule has 140 valence electrons. The third-order valence-electron chi connectivity index (χ3n) is 3.91. The monoisotopic (exact) mass is 358 g/mol. The number of benzene rings is 1. The molecule has 0 radical (unpaired) electrons. The summed E-state index contributed by atoms with van der Waals surface area (Å²) in [7, 11) is 0. The van der Waals surface area contributed by atoms with Crippen LogP contribution >= 0.6 is 0 Å². The smallest absolute Gasteiger partial charge is 0.408 e. The number of ether oxygens (including phenoxy) is 1. The fourth-order valence-corrected chi connectivity index (χ4v) is 2.76. The summed E-state index contributed by atoms with van der Waals surface area (Å²) in [5.41, 5.74) is 0.690. The Balaban J connectivity index is 2.15. The summed E-state index contributed by atoms with van der Waals surface area (Å²) >= 11 is 0. The highest BCUT2D eigenvalue weighted by molar-refractivity contribution is 5.86. The molecule has 26 heavy (non-hydrogen) atoms. The van der Waals surface area contributed by atoms with Gasteiger partial charge in [0.05, 0.1) is 11.6 Å². The molecule has 1 aromatic carbocycles. The number of carbonyl (C=O) groups is 2. The molecule has 1 aromatic rings. The number of piperazine rings is 1. The standard InChI is InChI=1S/C19H26N4O3/c1-19(2,3)26-18(25)22-16(17(24)23-9-7-21-8-10-23)12-14-5-4-6-15(11-14)13-20/h4-6,11,16,21H,7-10,12H2,1-3H3,(H,22,25)/t16-/m0/s1. The van der Waals surface area contributed by atoms with Crippen LogP contribution in [-0.4, -0.2) is 54.7 Å². The zero-order valence-electron chi connectivity index (χ0n) is 15.5. The van der Waals surface area contributed by atoms with E-state index in [0.717, 1.165) is 18.7 Å². The van der Waals surface area contributed by atoms with Crippen molar-refractivity contribution in [2.24, 2.45) is 0 Å². The lowest BCUT2D eigenvalue weighted by molar-refractivity contribution is -0.134. The molecule has 0 aliphatic carbocycles. The molecular formula is C19H26N4O3. The van der Waals surface area contributed by atoms with Crippen LogP contribution in [0.5, 0.6) is 0 Å². The second kappa shape index (κ2) is 8.68. The molecule has 0 unspecified atom stereocenters. The van der Waals surface area contributed by atoms with E-state index in [2.05, 4.69) is 16.7 Å². The lowest BCUT2D eigenvalue weighted by Crippen LogP contribution is -2.55. The second-order valence-electron chi connectivity index (χ2n) is 7.29. The Kier molecular flexibility index (Phi) is 6.58. The quantitative estimate of drug-likeness (QED) is 0.849. The van der Waals surface area contributed by atoms with Crippen molar-refractivity contribution >= 4 is 12.0 Å². The van der Waals surface area contributed by atoms with Crippen LogP contribution in [0.3, 0.4) is 0 Å². The molecule has 1 fully saturated rings. The molecule has 7 heteroatoms. The Labute approximate surface area is 154 Å². The highest BCUT2D eigenvalue weighted by Crippen LogP contribution is 2.12. The maximum absolute atomic E-state index is 12.9. The number of nitrogens with one attached hydrogen (secondary N) is 2. The third kappa shape index (κ3) is 6.05. The van der Waals surface area contributed by atoms with Crippen LogP contribution in [-0.2, 0) is 16.0 Å². The highest BCUT2D eigenvalue weighted by Gasteiger charge is 2.29. The first-order valence-electron chi connectivity index (χ1n) is 8.76. The number of nitrogens with zero attached hydrogens (tertiary/aromatic N) is 2. The average Bonchev–Trinajstić information content (AvgIpc) is 2.60. The first-order valence-corrected chi connectivity index (χ1v) is 8.76. The summed E-state index contributed by atoms with van der Waals surface area (Å²) in [5.74, 6) is -0.139. The molecule has 2 N–H and O–H groups in total. The highest BCUT2D eigenvalue weighted by atomic mass is 16.6. The number of rotatable bonds is 4. The topological polar surface area (TPSA) is 94.5 Å². The van der Waals surface area contributed by atoms with E-state index < -0.39 is 17.7 Å². The molecule has 2 amide bonds. The van der Waals surface area contributed by atoms with Gasteiger partial charge in [-0.3, -0.25) is 4.79 Å². The van der Waals surface area contributed by atoms with Crippen LogP contribution in [0, 0.1) is 11.3 Å². The molecule has 0 aromatic heterocycles. The van der Waals surface area contributed by atoms with Crippen LogP contribution in [0.1, 0.15) is 31.9 Å². The average molecular weight is 358 g/mol. The molecule has 0 saturated carbocycles. The fourth-order valence-electron chi connectivity index (χ4n) is 2.76. The van der Waals surface area contributed by atoms with Gasteiger partial charge < -0.3 is 20.3 Å². The summed E-state index contributed by atoms with van der Waals surface area (Å²) in [6.07, 6.45) is -0.320. The zero-order chi connectivity index (χ0) is 19.2. The van der Waals surface area contributed by atoms with E-state index in [1.165, 1.54) is 0 Å². The maximum atomic E-state index is 12.9. The molecule has 7 nitrogen and oxygen atoms in total. The minimum absolute atomic E-state index is 0.139. The van der Waals surface area contributed by atoms with Gasteiger partial charge in [-0.25, -0.2) is 4.79 Å². The predicted molar refractivity (Wildman–Crippen MR) is 97.5 cm³/mol. The number of nitriles is 1. The van der Waals surface area contributed by atoms with Gasteiger partial charge in [-0.05, 0) is 38.5 Å². The van der Waals surface area contributed by atoms with Crippen LogP contribution in [0.25, 0.3) is 0 Å². The van der Waals surface area contributed by atoms with E-state index in [1.54, 1.807) is 43.9 Å². The molecule has 0 spiro atoms. The molecule has 1 aliphatic heterocycles. The van der Waals surface area contributed by atoms with E-state index in [9.17, 15) is 9.59 Å². The van der Waals surface area contributed by atoms with Gasteiger partial charge in [-0.1, -0.05) is 12.1 Å². The van der Waals surface area contributed by atoms with E-state index >= 15 is 0 Å². The van der Waals surface area contributed by atoms with Gasteiger partial charge in [0.2, 0.25) is 5.91 Å². The molecule has 1 heterocycles. The van der Waals surface area contributed by atoms with Gasteiger partial charge in [-0.15, -0.1) is 0 Å². The molecule has 1 aliphatic rings. The number of alkyl carbamates (subject to hydrolysis) is 1. The summed E-state index contributed by atoms with van der Waals surface area (Å²) < 4.78 is 5.30. The summed E-state index contributed by atoms with van der Waals surface area (Å²) in [6, 6.07) is 8.40. The maximum Gasteiger partial charge on any atom is 0.408 e. The van der Waals surface area contributed by atoms with E-state index in [4.69, 9.17) is 10.00 Å². The third-order valence-corrected chi connectivity index (χ3v) is 3.91. The first-order chi connectivity index (χ1) is 12.3. The Morgan fingerprint density at radius 3 is 2.65 bits per heavy atom. The van der Waals surface area contributed by atoms with Crippen LogP contribution in [0.15, 0.2) is 24.3 Å². The van der Waals surface area contributed by atoms with E-state index in [-0.39, 0.29) is 5.91 Å². The Morgan fingerprint density at radius 2 is 2.04 bits per heavy atom. The minimum atomic E-state index is -0.739. The van der Waals surface area contributed by atoms with Crippen molar-refractivity contribution in [2.75, 3.05) is 26.2 Å². The molecule has 2 rings (SSSR count). The van der Waals surface area contributed by atoms with Crippen LogP contribution in [0.2, 0.25) is 0 Å². The Morgan fingerprint density at radius 1 is 1.35 bits per heavy atom. The zero-order valence-corrected chi connectivity index (χ0v) is 15.5. The van der Waals surface area contributed by atoms with Crippen molar-refractivity contribution < 1.29 is 14.3 Å². The van der Waals surface area contributed by atoms with Crippen molar-refractivity contribution in [2.45, 2.75) is 38.8 Å². The van der Waals surface area contributed by atoms with E-state index in [1.807, 2.05) is 6.07 Å². The number of hydrogen-bond acceptors (Lipinski definition) is 5. The second-order valence-corrected chi connectivity index (χ2v) is 7.29. The fraction of sp³-hybridized carbons (Fsp3) is 0.526. The van der Waals surface area contributed by atoms with Crippen molar-refractivity contribution in [3.63, 3.8) is 0 Å². The van der Waals surface area contributed by atoms with Gasteiger partial charge in [-0.2, -0.15) is 5.26 Å². The number of carbonyl (C=O) groups excluding carboxylic acids is 2. The normalized spacial score (nSPS) is 15.7. The molecule has 1 saturated heterocycles. The first kappa shape index (κ1) is 19.7. The Hall–Kier alpha value is -2.59. The van der Waals surface area contributed by atoms with Crippen molar-refractivity contribution in [1.82, 2.24) is 15.5 Å². The number of hydrogen-bond donors (Lipinski definition) is 2. The number of amides is 2. The van der Waals surface area contributed by atoms with Gasteiger partial charge in [0.25, 0.3) is 0 Å². The largest absolute Gasteiger partial charge is 0.444 e. The predicted octanol–water partition coefficient (Wildman–Crippen LogP) is 1.43. The molecule has 1 atom stereocenters. The van der Waals surface area contributed by atoms with Crippen molar-refractivity contribution in [3.8, 4) is 6.07 Å². The summed E-state index contributed by atoms with van der Waals surface area (Å²) in [4.78, 5) is 26.9. The van der Waals surface area contributed by atoms with Gasteiger partial charge in [0.15, 0.2) is 0 Å². The van der Waals surface area contributed by atoms with Gasteiger partial charge in [0, 0.05) is 32.6 Å². The SMILES string of the molecule is CC(C)(C)OC(=O)N[C@@H](Cc1cccc(C#N)c1)C(=O)N1CCNCC1. The van der Waals surface area contributed by atoms with Gasteiger partial charge >= 0.3 is 6.09 Å². The Bertz CT molecular complexity index is 685. The lowest BCUT2D eigenvalue weighted by atomic mass is 10.0. The minimum Gasteiger partial charge on any atom is -0.444 e. The van der Waals surface area contributed by atoms with E-state index in [0.29, 0.717) is 25.1 Å². The van der Waals surface area contributed by atoms with Gasteiger partial charge in [0.1, 0.15) is 11.6 Å². The molecular weight excluding hydrogens is 332 g/mol. The summed E-state index contributed by atoms with van der Waals surface area (Å²) in [6.45, 7) is 7.99. The van der Waals surface area contributed by atoms with Crippen molar-refractivity contribution in [3.05, 3.63) is 35.4 Å². The lowest BCUT2D eigenvalue weighted by Gasteiger charge is -2.31.